The number of nitrogens with zero attached hydrogens (tertiary/aromatic N) is 1. The summed E-state index contributed by atoms with van der Waals surface area (Å²) in [5, 5.41) is 8.82. The molecule has 0 atom stereocenters. The molecule has 1 N–H and O–H groups in total. The summed E-state index contributed by atoms with van der Waals surface area (Å²) in [6.07, 6.45) is -0.0587. The largest absolute Gasteiger partial charge is 0.486 e. The molecule has 1 heterocycles. The van der Waals surface area contributed by atoms with Crippen LogP contribution in [0.15, 0.2) is 18.2 Å². The molecule has 126 valence electrons. The highest BCUT2D eigenvalue weighted by Gasteiger charge is 2.34. The van der Waals surface area contributed by atoms with Crippen LogP contribution in [-0.2, 0) is 15.0 Å². The van der Waals surface area contributed by atoms with Crippen LogP contribution in [0.1, 0.15) is 32.8 Å². The number of carbonyl (C=O) groups is 2. The van der Waals surface area contributed by atoms with Crippen LogP contribution in [0.5, 0.6) is 11.5 Å². The van der Waals surface area contributed by atoms with Gasteiger partial charge >= 0.3 is 5.97 Å². The van der Waals surface area contributed by atoms with Crippen molar-refractivity contribution in [3.05, 3.63) is 23.8 Å². The number of hydrogen-bond donors (Lipinski definition) is 1. The van der Waals surface area contributed by atoms with E-state index in [4.69, 9.17) is 14.6 Å². The average Bonchev–Trinajstić information content (AvgIpc) is 2.54. The van der Waals surface area contributed by atoms with Gasteiger partial charge in [-0.3, -0.25) is 9.59 Å². The Morgan fingerprint density at radius 3 is 2.48 bits per heavy atom. The smallest absolute Gasteiger partial charge is 0.305 e. The van der Waals surface area contributed by atoms with E-state index in [1.54, 1.807) is 4.90 Å². The van der Waals surface area contributed by atoms with E-state index >= 15 is 0 Å². The first-order valence-electron chi connectivity index (χ1n) is 7.77. The maximum absolute atomic E-state index is 12.8. The third-order valence-electron chi connectivity index (χ3n) is 4.06. The SMILES string of the molecule is CCN(CCC(=O)O)C(=O)C(C)(C)c1ccc2c(c1)OCCO2. The molecule has 0 unspecified atom stereocenters. The zero-order valence-corrected chi connectivity index (χ0v) is 13.8. The highest BCUT2D eigenvalue weighted by atomic mass is 16.6. The van der Waals surface area contributed by atoms with Crippen molar-refractivity contribution in [2.24, 2.45) is 0 Å². The average molecular weight is 321 g/mol. The Bertz CT molecular complexity index is 597. The van der Waals surface area contributed by atoms with E-state index in [-0.39, 0.29) is 18.9 Å². The van der Waals surface area contributed by atoms with Crippen molar-refractivity contribution in [3.63, 3.8) is 0 Å². The Hall–Kier alpha value is -2.24. The summed E-state index contributed by atoms with van der Waals surface area (Å²) >= 11 is 0. The Kier molecular flexibility index (Phi) is 5.13. The van der Waals surface area contributed by atoms with Gasteiger partial charge in [0.25, 0.3) is 0 Å². The Morgan fingerprint density at radius 2 is 1.87 bits per heavy atom. The molecule has 0 aromatic heterocycles. The van der Waals surface area contributed by atoms with E-state index in [2.05, 4.69) is 0 Å². The highest BCUT2D eigenvalue weighted by Crippen LogP contribution is 2.35. The van der Waals surface area contributed by atoms with Gasteiger partial charge in [0.1, 0.15) is 13.2 Å². The van der Waals surface area contributed by atoms with Crippen molar-refractivity contribution in [3.8, 4) is 11.5 Å². The van der Waals surface area contributed by atoms with E-state index in [1.165, 1.54) is 0 Å². The first kappa shape index (κ1) is 17.1. The lowest BCUT2D eigenvalue weighted by molar-refractivity contribution is -0.140. The minimum atomic E-state index is -0.909. The molecule has 23 heavy (non-hydrogen) atoms. The van der Waals surface area contributed by atoms with Crippen LogP contribution < -0.4 is 9.47 Å². The van der Waals surface area contributed by atoms with Gasteiger partial charge in [0, 0.05) is 13.1 Å². The zero-order valence-electron chi connectivity index (χ0n) is 13.8. The van der Waals surface area contributed by atoms with E-state index in [9.17, 15) is 9.59 Å². The second-order valence-electron chi connectivity index (χ2n) is 6.01. The second kappa shape index (κ2) is 6.89. The summed E-state index contributed by atoms with van der Waals surface area (Å²) in [7, 11) is 0. The fourth-order valence-corrected chi connectivity index (χ4v) is 2.58. The van der Waals surface area contributed by atoms with Crippen molar-refractivity contribution < 1.29 is 24.2 Å². The quantitative estimate of drug-likeness (QED) is 0.868. The van der Waals surface area contributed by atoms with Gasteiger partial charge in [-0.2, -0.15) is 0 Å². The molecule has 1 aliphatic rings. The summed E-state index contributed by atoms with van der Waals surface area (Å²) in [6.45, 7) is 7.21. The minimum Gasteiger partial charge on any atom is -0.486 e. The van der Waals surface area contributed by atoms with Crippen LogP contribution in [0.3, 0.4) is 0 Å². The normalized spacial score (nSPS) is 13.5. The van der Waals surface area contributed by atoms with Crippen molar-refractivity contribution in [1.82, 2.24) is 4.90 Å². The van der Waals surface area contributed by atoms with Crippen LogP contribution >= 0.6 is 0 Å². The van der Waals surface area contributed by atoms with Crippen LogP contribution in [0.2, 0.25) is 0 Å². The first-order chi connectivity index (χ1) is 10.9. The molecule has 1 aromatic rings. The predicted molar refractivity (Wildman–Crippen MR) is 85.0 cm³/mol. The summed E-state index contributed by atoms with van der Waals surface area (Å²) in [6, 6.07) is 5.50. The van der Waals surface area contributed by atoms with Gasteiger partial charge in [-0.1, -0.05) is 6.07 Å². The lowest BCUT2D eigenvalue weighted by Crippen LogP contribution is -2.44. The highest BCUT2D eigenvalue weighted by molar-refractivity contribution is 5.88. The Labute approximate surface area is 136 Å². The third kappa shape index (κ3) is 3.75. The fourth-order valence-electron chi connectivity index (χ4n) is 2.58. The summed E-state index contributed by atoms with van der Waals surface area (Å²) in [4.78, 5) is 25.2. The third-order valence-corrected chi connectivity index (χ3v) is 4.06. The number of carbonyl (C=O) groups excluding carboxylic acids is 1. The molecule has 0 fully saturated rings. The second-order valence-corrected chi connectivity index (χ2v) is 6.01. The van der Waals surface area contributed by atoms with Crippen molar-refractivity contribution in [1.29, 1.82) is 0 Å². The molecular formula is C17H23NO5. The number of carboxylic acid groups (broad SMARTS) is 1. The molecule has 1 amide bonds. The number of likely N-dealkylation sites (N-methyl/N-ethyl adjacent to an activating group) is 1. The topological polar surface area (TPSA) is 76.1 Å². The van der Waals surface area contributed by atoms with Crippen molar-refractivity contribution in [2.75, 3.05) is 26.3 Å². The van der Waals surface area contributed by atoms with E-state index in [1.807, 2.05) is 39.0 Å². The zero-order chi connectivity index (χ0) is 17.0. The number of rotatable bonds is 6. The van der Waals surface area contributed by atoms with E-state index < -0.39 is 11.4 Å². The maximum Gasteiger partial charge on any atom is 0.305 e. The fraction of sp³-hybridized carbons (Fsp3) is 0.529. The number of aliphatic carboxylic acids is 1. The van der Waals surface area contributed by atoms with Gasteiger partial charge in [0.05, 0.1) is 11.8 Å². The van der Waals surface area contributed by atoms with E-state index in [0.717, 1.165) is 5.56 Å². The standard InChI is InChI=1S/C17H23NO5/c1-4-18(8-7-15(19)20)16(21)17(2,3)12-5-6-13-14(11-12)23-10-9-22-13/h5-6,11H,4,7-10H2,1-3H3,(H,19,20). The predicted octanol–water partition coefficient (Wildman–Crippen LogP) is 2.06. The lowest BCUT2D eigenvalue weighted by Gasteiger charge is -2.32. The molecule has 0 saturated carbocycles. The Balaban J connectivity index is 2.21. The molecule has 0 radical (unpaired) electrons. The molecular weight excluding hydrogens is 298 g/mol. The van der Waals surface area contributed by atoms with E-state index in [0.29, 0.717) is 31.3 Å². The molecule has 2 rings (SSSR count). The number of amides is 1. The molecule has 0 spiro atoms. The summed E-state index contributed by atoms with van der Waals surface area (Å²) < 4.78 is 11.1. The van der Waals surface area contributed by atoms with Gasteiger partial charge in [-0.25, -0.2) is 0 Å². The molecule has 0 bridgehead atoms. The molecule has 1 aliphatic heterocycles. The molecule has 6 heteroatoms. The van der Waals surface area contributed by atoms with Crippen LogP contribution in [0.4, 0.5) is 0 Å². The maximum atomic E-state index is 12.8. The van der Waals surface area contributed by atoms with Gasteiger partial charge in [-0.15, -0.1) is 0 Å². The van der Waals surface area contributed by atoms with Crippen molar-refractivity contribution >= 4 is 11.9 Å². The molecule has 1 aromatic carbocycles. The number of hydrogen-bond acceptors (Lipinski definition) is 4. The molecule has 0 saturated heterocycles. The number of benzene rings is 1. The van der Waals surface area contributed by atoms with Crippen LogP contribution in [-0.4, -0.2) is 48.2 Å². The van der Waals surface area contributed by atoms with Crippen molar-refractivity contribution in [2.45, 2.75) is 32.6 Å². The van der Waals surface area contributed by atoms with Crippen LogP contribution in [0.25, 0.3) is 0 Å². The molecule has 6 nitrogen and oxygen atoms in total. The molecule has 0 aliphatic carbocycles. The number of ether oxygens (including phenoxy) is 2. The lowest BCUT2D eigenvalue weighted by atomic mass is 9.83. The summed E-state index contributed by atoms with van der Waals surface area (Å²) in [5.41, 5.74) is 0.0465. The number of carboxylic acids is 1. The Morgan fingerprint density at radius 1 is 1.22 bits per heavy atom. The van der Waals surface area contributed by atoms with Crippen LogP contribution in [0, 0.1) is 0 Å². The van der Waals surface area contributed by atoms with Gasteiger partial charge in [0.2, 0.25) is 5.91 Å². The first-order valence-corrected chi connectivity index (χ1v) is 7.77. The van der Waals surface area contributed by atoms with Gasteiger partial charge in [0.15, 0.2) is 11.5 Å². The minimum absolute atomic E-state index is 0.0587. The number of fused-ring (bicyclic) bond motifs is 1. The van der Waals surface area contributed by atoms with Gasteiger partial charge < -0.3 is 19.5 Å². The summed E-state index contributed by atoms with van der Waals surface area (Å²) in [5.74, 6) is 0.316. The van der Waals surface area contributed by atoms with Gasteiger partial charge in [-0.05, 0) is 38.5 Å². The monoisotopic (exact) mass is 321 g/mol.